The molecule has 1 aliphatic rings. The van der Waals surface area contributed by atoms with Gasteiger partial charge in [-0.15, -0.1) is 15.3 Å². The molecule has 0 bridgehead atoms. The zero-order chi connectivity index (χ0) is 18.1. The number of piperazine rings is 1. The van der Waals surface area contributed by atoms with Gasteiger partial charge in [-0.1, -0.05) is 17.7 Å². The maximum absolute atomic E-state index is 12.6. The molecule has 1 aliphatic heterocycles. The Kier molecular flexibility index (Phi) is 4.78. The fourth-order valence-electron chi connectivity index (χ4n) is 3.01. The molecule has 9 heteroatoms. The SMILES string of the molecule is O=C(Cc1ccc(Cl)c(Br)c1)N1CCN(c2ccc3nncn3n2)CC1. The molecule has 0 radical (unpaired) electrons. The summed E-state index contributed by atoms with van der Waals surface area (Å²) in [6.07, 6.45) is 1.96. The summed E-state index contributed by atoms with van der Waals surface area (Å²) in [7, 11) is 0. The number of hydrogen-bond acceptors (Lipinski definition) is 5. The molecule has 3 aromatic rings. The van der Waals surface area contributed by atoms with E-state index in [1.165, 1.54) is 0 Å². The molecular formula is C17H16BrClN6O. The normalized spacial score (nSPS) is 14.8. The monoisotopic (exact) mass is 434 g/mol. The summed E-state index contributed by atoms with van der Waals surface area (Å²) >= 11 is 9.40. The third-order valence-corrected chi connectivity index (χ3v) is 5.66. The van der Waals surface area contributed by atoms with E-state index in [4.69, 9.17) is 11.6 Å². The second-order valence-corrected chi connectivity index (χ2v) is 7.38. The Hall–Kier alpha value is -2.19. The van der Waals surface area contributed by atoms with Crippen molar-refractivity contribution in [1.82, 2.24) is 24.7 Å². The minimum atomic E-state index is 0.126. The fraction of sp³-hybridized carbons (Fsp3) is 0.294. The lowest BCUT2D eigenvalue weighted by Gasteiger charge is -2.35. The number of benzene rings is 1. The Labute approximate surface area is 163 Å². The van der Waals surface area contributed by atoms with E-state index >= 15 is 0 Å². The number of halogens is 2. The van der Waals surface area contributed by atoms with Crippen molar-refractivity contribution in [1.29, 1.82) is 0 Å². The molecule has 3 heterocycles. The first-order valence-corrected chi connectivity index (χ1v) is 9.41. The van der Waals surface area contributed by atoms with Gasteiger partial charge in [0.05, 0.1) is 11.4 Å². The maximum Gasteiger partial charge on any atom is 0.227 e. The van der Waals surface area contributed by atoms with Gasteiger partial charge in [-0.3, -0.25) is 4.79 Å². The molecule has 0 aliphatic carbocycles. The highest BCUT2D eigenvalue weighted by atomic mass is 79.9. The van der Waals surface area contributed by atoms with E-state index < -0.39 is 0 Å². The summed E-state index contributed by atoms with van der Waals surface area (Å²) in [5.41, 5.74) is 1.67. The molecule has 0 N–H and O–H groups in total. The lowest BCUT2D eigenvalue weighted by molar-refractivity contribution is -0.130. The van der Waals surface area contributed by atoms with Crippen LogP contribution in [0.15, 0.2) is 41.1 Å². The van der Waals surface area contributed by atoms with Crippen LogP contribution in [0.25, 0.3) is 5.65 Å². The smallest absolute Gasteiger partial charge is 0.227 e. The molecular weight excluding hydrogens is 420 g/mol. The Morgan fingerprint density at radius 3 is 2.73 bits per heavy atom. The van der Waals surface area contributed by atoms with Crippen LogP contribution in [0.4, 0.5) is 5.82 Å². The number of aromatic nitrogens is 4. The molecule has 1 saturated heterocycles. The highest BCUT2D eigenvalue weighted by Crippen LogP contribution is 2.24. The van der Waals surface area contributed by atoms with Gasteiger partial charge in [0.1, 0.15) is 12.1 Å². The van der Waals surface area contributed by atoms with E-state index in [9.17, 15) is 4.79 Å². The average Bonchev–Trinajstić information content (AvgIpc) is 3.12. The van der Waals surface area contributed by atoms with Crippen molar-refractivity contribution in [3.05, 3.63) is 51.7 Å². The summed E-state index contributed by atoms with van der Waals surface area (Å²) in [5, 5.41) is 13.0. The second kappa shape index (κ2) is 7.20. The largest absolute Gasteiger partial charge is 0.352 e. The molecule has 1 aromatic carbocycles. The second-order valence-electron chi connectivity index (χ2n) is 6.12. The van der Waals surface area contributed by atoms with E-state index in [0.717, 1.165) is 34.6 Å². The first-order valence-electron chi connectivity index (χ1n) is 8.24. The first-order chi connectivity index (χ1) is 12.6. The van der Waals surface area contributed by atoms with Crippen molar-refractivity contribution in [2.24, 2.45) is 0 Å². The molecule has 1 fully saturated rings. The van der Waals surface area contributed by atoms with Gasteiger partial charge < -0.3 is 9.80 Å². The molecule has 26 heavy (non-hydrogen) atoms. The van der Waals surface area contributed by atoms with Crippen LogP contribution in [0.3, 0.4) is 0 Å². The van der Waals surface area contributed by atoms with E-state index in [0.29, 0.717) is 24.5 Å². The number of rotatable bonds is 3. The number of carbonyl (C=O) groups is 1. The van der Waals surface area contributed by atoms with Crippen LogP contribution >= 0.6 is 27.5 Å². The summed E-state index contributed by atoms with van der Waals surface area (Å²) < 4.78 is 2.47. The molecule has 134 valence electrons. The van der Waals surface area contributed by atoms with Crippen molar-refractivity contribution < 1.29 is 4.79 Å². The van der Waals surface area contributed by atoms with Gasteiger partial charge >= 0.3 is 0 Å². The summed E-state index contributed by atoms with van der Waals surface area (Å²) in [6.45, 7) is 2.85. The third-order valence-electron chi connectivity index (χ3n) is 4.44. The van der Waals surface area contributed by atoms with E-state index in [-0.39, 0.29) is 5.91 Å². The Morgan fingerprint density at radius 2 is 1.96 bits per heavy atom. The fourth-order valence-corrected chi connectivity index (χ4v) is 3.55. The average molecular weight is 436 g/mol. The van der Waals surface area contributed by atoms with Crippen molar-refractivity contribution in [3.63, 3.8) is 0 Å². The minimum absolute atomic E-state index is 0.126. The van der Waals surface area contributed by atoms with Gasteiger partial charge in [0.15, 0.2) is 5.65 Å². The van der Waals surface area contributed by atoms with Crippen LogP contribution in [0.5, 0.6) is 0 Å². The minimum Gasteiger partial charge on any atom is -0.352 e. The standard InChI is InChI=1S/C17H16BrClN6O/c18-13-9-12(1-2-14(13)19)10-17(26)24-7-5-23(6-8-24)16-4-3-15-21-20-11-25(15)22-16/h1-4,9,11H,5-8,10H2. The van der Waals surface area contributed by atoms with Crippen LogP contribution < -0.4 is 4.90 Å². The summed E-state index contributed by atoms with van der Waals surface area (Å²) in [6, 6.07) is 9.42. The highest BCUT2D eigenvalue weighted by molar-refractivity contribution is 9.10. The molecule has 4 rings (SSSR count). The van der Waals surface area contributed by atoms with Gasteiger partial charge in [-0.25, -0.2) is 0 Å². The topological polar surface area (TPSA) is 66.6 Å². The molecule has 7 nitrogen and oxygen atoms in total. The Morgan fingerprint density at radius 1 is 1.15 bits per heavy atom. The van der Waals surface area contributed by atoms with Gasteiger partial charge in [0, 0.05) is 30.7 Å². The van der Waals surface area contributed by atoms with E-state index in [2.05, 4.69) is 36.1 Å². The number of amides is 1. The van der Waals surface area contributed by atoms with Crippen molar-refractivity contribution in [2.75, 3.05) is 31.1 Å². The van der Waals surface area contributed by atoms with Gasteiger partial charge in [0.2, 0.25) is 5.91 Å². The number of hydrogen-bond donors (Lipinski definition) is 0. The number of carbonyl (C=O) groups excluding carboxylic acids is 1. The Balaban J connectivity index is 1.37. The third kappa shape index (κ3) is 3.52. The summed E-state index contributed by atoms with van der Waals surface area (Å²) in [5.74, 6) is 0.993. The molecule has 0 spiro atoms. The predicted octanol–water partition coefficient (Wildman–Crippen LogP) is 2.43. The number of fused-ring (bicyclic) bond motifs is 1. The number of nitrogens with zero attached hydrogens (tertiary/aromatic N) is 6. The van der Waals surface area contributed by atoms with Crippen LogP contribution in [0.2, 0.25) is 5.02 Å². The van der Waals surface area contributed by atoms with Crippen LogP contribution in [0.1, 0.15) is 5.56 Å². The lowest BCUT2D eigenvalue weighted by Crippen LogP contribution is -2.49. The molecule has 0 atom stereocenters. The van der Waals surface area contributed by atoms with E-state index in [1.807, 2.05) is 29.2 Å². The molecule has 2 aromatic heterocycles. The van der Waals surface area contributed by atoms with Crippen molar-refractivity contribution in [2.45, 2.75) is 6.42 Å². The van der Waals surface area contributed by atoms with Crippen LogP contribution in [-0.4, -0.2) is 56.8 Å². The maximum atomic E-state index is 12.6. The molecule has 0 unspecified atom stereocenters. The molecule has 1 amide bonds. The van der Waals surface area contributed by atoms with E-state index in [1.54, 1.807) is 16.9 Å². The zero-order valence-electron chi connectivity index (χ0n) is 13.8. The van der Waals surface area contributed by atoms with Crippen LogP contribution in [-0.2, 0) is 11.2 Å². The van der Waals surface area contributed by atoms with Gasteiger partial charge in [-0.2, -0.15) is 4.52 Å². The van der Waals surface area contributed by atoms with Crippen molar-refractivity contribution in [3.8, 4) is 0 Å². The van der Waals surface area contributed by atoms with Gasteiger partial charge in [0.25, 0.3) is 0 Å². The Bertz CT molecular complexity index is 953. The quantitative estimate of drug-likeness (QED) is 0.632. The van der Waals surface area contributed by atoms with Crippen LogP contribution in [0, 0.1) is 0 Å². The first kappa shape index (κ1) is 17.2. The van der Waals surface area contributed by atoms with Gasteiger partial charge in [-0.05, 0) is 45.8 Å². The summed E-state index contributed by atoms with van der Waals surface area (Å²) in [4.78, 5) is 16.6. The zero-order valence-corrected chi connectivity index (χ0v) is 16.2. The highest BCUT2D eigenvalue weighted by Gasteiger charge is 2.22. The molecule has 0 saturated carbocycles. The van der Waals surface area contributed by atoms with Crippen molar-refractivity contribution >= 4 is 44.9 Å². The lowest BCUT2D eigenvalue weighted by atomic mass is 10.1. The predicted molar refractivity (Wildman–Crippen MR) is 102 cm³/mol. The number of anilines is 1.